The molecule has 0 fully saturated rings. The summed E-state index contributed by atoms with van der Waals surface area (Å²) in [5, 5.41) is 5.50. The number of rotatable bonds is 9. The van der Waals surface area contributed by atoms with Crippen molar-refractivity contribution in [3.05, 3.63) is 35.6 Å². The van der Waals surface area contributed by atoms with Gasteiger partial charge in [-0.15, -0.1) is 0 Å². The Balaban J connectivity index is 2.00. The summed E-state index contributed by atoms with van der Waals surface area (Å²) in [6.07, 6.45) is 3.82. The first kappa shape index (κ1) is 17.1. The molecular formula is C16H23FN2O2. The smallest absolute Gasteiger partial charge is 0.219 e. The largest absolute Gasteiger partial charge is 0.356 e. The molecule has 0 atom stereocenters. The van der Waals surface area contributed by atoms with Crippen LogP contribution in [0.3, 0.4) is 0 Å². The number of carbonyl (C=O) groups excluding carboxylic acids is 2. The van der Waals surface area contributed by atoms with Gasteiger partial charge in [0.15, 0.2) is 0 Å². The van der Waals surface area contributed by atoms with Gasteiger partial charge in [0.25, 0.3) is 0 Å². The molecule has 0 spiro atoms. The van der Waals surface area contributed by atoms with E-state index < -0.39 is 0 Å². The maximum Gasteiger partial charge on any atom is 0.219 e. The Morgan fingerprint density at radius 2 is 1.67 bits per heavy atom. The monoisotopic (exact) mass is 294 g/mol. The van der Waals surface area contributed by atoms with Crippen LogP contribution >= 0.6 is 0 Å². The fourth-order valence-corrected chi connectivity index (χ4v) is 1.93. The highest BCUT2D eigenvalue weighted by molar-refractivity contribution is 5.75. The van der Waals surface area contributed by atoms with E-state index in [-0.39, 0.29) is 17.6 Å². The topological polar surface area (TPSA) is 58.2 Å². The number of benzene rings is 1. The molecule has 0 aliphatic carbocycles. The van der Waals surface area contributed by atoms with Crippen LogP contribution in [0.1, 0.15) is 38.2 Å². The van der Waals surface area contributed by atoms with Gasteiger partial charge >= 0.3 is 0 Å². The van der Waals surface area contributed by atoms with Gasteiger partial charge in [0, 0.05) is 26.4 Å². The van der Waals surface area contributed by atoms with Crippen molar-refractivity contribution in [2.24, 2.45) is 0 Å². The number of hydrogen-bond donors (Lipinski definition) is 2. The minimum absolute atomic E-state index is 0.0388. The molecule has 0 unspecified atom stereocenters. The maximum atomic E-state index is 12.7. The quantitative estimate of drug-likeness (QED) is 0.686. The summed E-state index contributed by atoms with van der Waals surface area (Å²) in [5.41, 5.74) is 1.09. The van der Waals surface area contributed by atoms with Crippen molar-refractivity contribution in [2.75, 3.05) is 13.1 Å². The Kier molecular flexibility index (Phi) is 8.09. The molecule has 0 aromatic heterocycles. The zero-order valence-electron chi connectivity index (χ0n) is 12.5. The third-order valence-electron chi connectivity index (χ3n) is 3.08. The van der Waals surface area contributed by atoms with Crippen LogP contribution in [0.2, 0.25) is 0 Å². The molecule has 1 aromatic carbocycles. The van der Waals surface area contributed by atoms with E-state index >= 15 is 0 Å². The second-order valence-electron chi connectivity index (χ2n) is 5.02. The van der Waals surface area contributed by atoms with E-state index in [9.17, 15) is 14.0 Å². The molecule has 21 heavy (non-hydrogen) atoms. The number of carbonyl (C=O) groups is 2. The summed E-state index contributed by atoms with van der Waals surface area (Å²) >= 11 is 0. The Hall–Kier alpha value is -1.91. The van der Waals surface area contributed by atoms with Crippen molar-refractivity contribution < 1.29 is 14.0 Å². The van der Waals surface area contributed by atoms with Crippen molar-refractivity contribution in [2.45, 2.75) is 39.0 Å². The Bertz CT molecular complexity index is 446. The molecule has 116 valence electrons. The zero-order chi connectivity index (χ0) is 15.5. The summed E-state index contributed by atoms with van der Waals surface area (Å²) < 4.78 is 12.7. The summed E-state index contributed by atoms with van der Waals surface area (Å²) in [4.78, 5) is 22.2. The van der Waals surface area contributed by atoms with Crippen molar-refractivity contribution in [1.29, 1.82) is 0 Å². The summed E-state index contributed by atoms with van der Waals surface area (Å²) in [7, 11) is 0. The van der Waals surface area contributed by atoms with E-state index in [0.717, 1.165) is 31.2 Å². The van der Waals surface area contributed by atoms with E-state index in [1.165, 1.54) is 19.1 Å². The molecule has 0 radical (unpaired) electrons. The van der Waals surface area contributed by atoms with Gasteiger partial charge in [0.05, 0.1) is 0 Å². The van der Waals surface area contributed by atoms with Crippen LogP contribution in [0.25, 0.3) is 0 Å². The third kappa shape index (κ3) is 8.78. The van der Waals surface area contributed by atoms with Crippen molar-refractivity contribution in [1.82, 2.24) is 10.6 Å². The second kappa shape index (κ2) is 9.91. The lowest BCUT2D eigenvalue weighted by atomic mass is 10.1. The van der Waals surface area contributed by atoms with E-state index in [4.69, 9.17) is 0 Å². The lowest BCUT2D eigenvalue weighted by Gasteiger charge is -2.06. The average Bonchev–Trinajstić information content (AvgIpc) is 2.45. The van der Waals surface area contributed by atoms with Crippen LogP contribution in [-0.4, -0.2) is 24.9 Å². The van der Waals surface area contributed by atoms with Crippen LogP contribution in [0, 0.1) is 5.82 Å². The maximum absolute atomic E-state index is 12.7. The molecule has 0 bridgehead atoms. The molecule has 0 saturated heterocycles. The molecule has 1 rings (SSSR count). The van der Waals surface area contributed by atoms with Crippen molar-refractivity contribution >= 4 is 11.8 Å². The molecule has 2 N–H and O–H groups in total. The van der Waals surface area contributed by atoms with Crippen LogP contribution in [0.5, 0.6) is 0 Å². The molecule has 0 saturated carbocycles. The van der Waals surface area contributed by atoms with E-state index in [1.807, 2.05) is 0 Å². The van der Waals surface area contributed by atoms with Gasteiger partial charge in [-0.2, -0.15) is 0 Å². The van der Waals surface area contributed by atoms with E-state index in [2.05, 4.69) is 10.6 Å². The molecular weight excluding hydrogens is 271 g/mol. The first-order valence-electron chi connectivity index (χ1n) is 7.33. The second-order valence-corrected chi connectivity index (χ2v) is 5.02. The molecule has 0 aliphatic heterocycles. The number of nitrogens with one attached hydrogen (secondary N) is 2. The molecule has 1 aromatic rings. The van der Waals surface area contributed by atoms with Gasteiger partial charge in [0.2, 0.25) is 11.8 Å². The van der Waals surface area contributed by atoms with Gasteiger partial charge in [-0.3, -0.25) is 9.59 Å². The summed E-state index contributed by atoms with van der Waals surface area (Å²) in [6.45, 7) is 2.64. The highest BCUT2D eigenvalue weighted by Gasteiger charge is 2.01. The summed E-state index contributed by atoms with van der Waals surface area (Å²) in [6, 6.07) is 6.46. The summed E-state index contributed by atoms with van der Waals surface area (Å²) in [5.74, 6) is -0.239. The predicted molar refractivity (Wildman–Crippen MR) is 80.3 cm³/mol. The van der Waals surface area contributed by atoms with Crippen LogP contribution in [0.15, 0.2) is 24.3 Å². The average molecular weight is 294 g/mol. The predicted octanol–water partition coefficient (Wildman–Crippen LogP) is 2.18. The number of hydrogen-bond acceptors (Lipinski definition) is 2. The molecule has 4 nitrogen and oxygen atoms in total. The molecule has 0 heterocycles. The Morgan fingerprint density at radius 3 is 2.33 bits per heavy atom. The standard InChI is InChI=1S/C16H23FN2O2/c1-13(20)18-11-4-12-19-16(21)6-3-2-5-14-7-9-15(17)10-8-14/h7-10H,2-6,11-12H2,1H3,(H,18,20)(H,19,21). The van der Waals surface area contributed by atoms with Gasteiger partial charge in [-0.25, -0.2) is 4.39 Å². The molecule has 5 heteroatoms. The lowest BCUT2D eigenvalue weighted by Crippen LogP contribution is -2.28. The first-order chi connectivity index (χ1) is 10.1. The number of aryl methyl sites for hydroxylation is 1. The number of halogens is 1. The lowest BCUT2D eigenvalue weighted by molar-refractivity contribution is -0.121. The van der Waals surface area contributed by atoms with Crippen LogP contribution < -0.4 is 10.6 Å². The van der Waals surface area contributed by atoms with E-state index in [0.29, 0.717) is 19.5 Å². The fourth-order valence-electron chi connectivity index (χ4n) is 1.93. The minimum atomic E-state index is -0.225. The Morgan fingerprint density at radius 1 is 1.00 bits per heavy atom. The molecule has 0 aliphatic rings. The van der Waals surface area contributed by atoms with Gasteiger partial charge < -0.3 is 10.6 Å². The van der Waals surface area contributed by atoms with Crippen LogP contribution in [-0.2, 0) is 16.0 Å². The fraction of sp³-hybridized carbons (Fsp3) is 0.500. The van der Waals surface area contributed by atoms with E-state index in [1.54, 1.807) is 12.1 Å². The highest BCUT2D eigenvalue weighted by atomic mass is 19.1. The number of amides is 2. The highest BCUT2D eigenvalue weighted by Crippen LogP contribution is 2.08. The van der Waals surface area contributed by atoms with Crippen molar-refractivity contribution in [3.63, 3.8) is 0 Å². The van der Waals surface area contributed by atoms with Gasteiger partial charge in [0.1, 0.15) is 5.82 Å². The normalized spacial score (nSPS) is 10.2. The van der Waals surface area contributed by atoms with Crippen molar-refractivity contribution in [3.8, 4) is 0 Å². The van der Waals surface area contributed by atoms with Gasteiger partial charge in [-0.05, 0) is 43.4 Å². The Labute approximate surface area is 125 Å². The molecule has 2 amide bonds. The van der Waals surface area contributed by atoms with Crippen LogP contribution in [0.4, 0.5) is 4.39 Å². The third-order valence-corrected chi connectivity index (χ3v) is 3.08. The van der Waals surface area contributed by atoms with Gasteiger partial charge in [-0.1, -0.05) is 12.1 Å². The number of unbranched alkanes of at least 4 members (excludes halogenated alkanes) is 1. The SMILES string of the molecule is CC(=O)NCCCNC(=O)CCCCc1ccc(F)cc1. The first-order valence-corrected chi connectivity index (χ1v) is 7.33. The zero-order valence-corrected chi connectivity index (χ0v) is 12.5. The minimum Gasteiger partial charge on any atom is -0.356 e.